The number of amides is 1. The first-order valence-corrected chi connectivity index (χ1v) is 7.50. The summed E-state index contributed by atoms with van der Waals surface area (Å²) in [6.45, 7) is 2.43. The number of carbonyl (C=O) groups excluding carboxylic acids is 1. The highest BCUT2D eigenvalue weighted by molar-refractivity contribution is 6.31. The molecule has 0 bridgehead atoms. The number of aryl methyl sites for hydroxylation is 1. The van der Waals surface area contributed by atoms with Gasteiger partial charge in [-0.25, -0.2) is 9.67 Å². The van der Waals surface area contributed by atoms with Crippen LogP contribution in [-0.4, -0.2) is 20.7 Å². The van der Waals surface area contributed by atoms with Gasteiger partial charge in [-0.3, -0.25) is 10.1 Å². The number of halogens is 1. The van der Waals surface area contributed by atoms with Crippen molar-refractivity contribution in [2.24, 2.45) is 0 Å². The van der Waals surface area contributed by atoms with Gasteiger partial charge in [0.1, 0.15) is 6.33 Å². The molecule has 0 saturated heterocycles. The molecule has 5 nitrogen and oxygen atoms in total. The van der Waals surface area contributed by atoms with Gasteiger partial charge in [0.15, 0.2) is 0 Å². The Hall–Kier alpha value is -2.66. The molecule has 1 amide bonds. The Morgan fingerprint density at radius 2 is 2.04 bits per heavy atom. The second-order valence-electron chi connectivity index (χ2n) is 5.18. The van der Waals surface area contributed by atoms with Crippen molar-refractivity contribution in [1.29, 1.82) is 0 Å². The molecule has 0 spiro atoms. The Labute approximate surface area is 138 Å². The molecule has 0 atom stereocenters. The Kier molecular flexibility index (Phi) is 4.39. The average Bonchev–Trinajstić information content (AvgIpc) is 2.97. The van der Waals surface area contributed by atoms with Crippen LogP contribution in [0.5, 0.6) is 0 Å². The zero-order valence-electron chi connectivity index (χ0n) is 12.5. The van der Waals surface area contributed by atoms with Crippen molar-refractivity contribution in [3.8, 4) is 0 Å². The zero-order chi connectivity index (χ0) is 16.2. The van der Waals surface area contributed by atoms with E-state index in [4.69, 9.17) is 11.6 Å². The van der Waals surface area contributed by atoms with E-state index in [1.54, 1.807) is 17.1 Å². The lowest BCUT2D eigenvalue weighted by atomic mass is 10.1. The summed E-state index contributed by atoms with van der Waals surface area (Å²) in [5.41, 5.74) is 2.54. The molecule has 0 aliphatic heterocycles. The van der Waals surface area contributed by atoms with Crippen molar-refractivity contribution in [2.45, 2.75) is 13.5 Å². The van der Waals surface area contributed by atoms with Gasteiger partial charge in [-0.1, -0.05) is 47.5 Å². The summed E-state index contributed by atoms with van der Waals surface area (Å²) in [7, 11) is 0. The van der Waals surface area contributed by atoms with Crippen LogP contribution in [0.1, 0.15) is 21.5 Å². The largest absolute Gasteiger partial charge is 0.289 e. The molecule has 2 aromatic carbocycles. The van der Waals surface area contributed by atoms with Gasteiger partial charge in [0.05, 0.1) is 6.54 Å². The smallest absolute Gasteiger partial charge is 0.258 e. The maximum Gasteiger partial charge on any atom is 0.258 e. The molecule has 0 aliphatic rings. The molecule has 0 radical (unpaired) electrons. The minimum Gasteiger partial charge on any atom is -0.289 e. The second-order valence-corrected chi connectivity index (χ2v) is 5.59. The molecular weight excluding hydrogens is 312 g/mol. The fourth-order valence-corrected chi connectivity index (χ4v) is 2.38. The minimum atomic E-state index is -0.232. The van der Waals surface area contributed by atoms with Crippen molar-refractivity contribution >= 4 is 23.5 Å². The molecule has 1 N–H and O–H groups in total. The van der Waals surface area contributed by atoms with Crippen molar-refractivity contribution in [3.63, 3.8) is 0 Å². The van der Waals surface area contributed by atoms with E-state index in [2.05, 4.69) is 15.4 Å². The monoisotopic (exact) mass is 326 g/mol. The van der Waals surface area contributed by atoms with Gasteiger partial charge < -0.3 is 0 Å². The summed E-state index contributed by atoms with van der Waals surface area (Å²) >= 11 is 6.13. The predicted octanol–water partition coefficient (Wildman–Crippen LogP) is 3.54. The molecule has 1 aromatic heterocycles. The number of nitrogens with one attached hydrogen (secondary N) is 1. The molecule has 3 aromatic rings. The van der Waals surface area contributed by atoms with Crippen LogP contribution in [0.4, 0.5) is 5.95 Å². The molecule has 6 heteroatoms. The number of anilines is 1. The van der Waals surface area contributed by atoms with E-state index >= 15 is 0 Å². The molecule has 3 rings (SSSR count). The molecule has 0 fully saturated rings. The van der Waals surface area contributed by atoms with Gasteiger partial charge >= 0.3 is 0 Å². The fourth-order valence-electron chi connectivity index (χ4n) is 2.19. The average molecular weight is 327 g/mol. The third kappa shape index (κ3) is 3.76. The van der Waals surface area contributed by atoms with Gasteiger partial charge in [0.25, 0.3) is 5.91 Å². The Morgan fingerprint density at radius 1 is 1.22 bits per heavy atom. The molecule has 116 valence electrons. The third-order valence-corrected chi connectivity index (χ3v) is 3.70. The van der Waals surface area contributed by atoms with E-state index in [1.165, 1.54) is 0 Å². The van der Waals surface area contributed by atoms with E-state index in [-0.39, 0.29) is 11.9 Å². The molecule has 23 heavy (non-hydrogen) atoms. The van der Waals surface area contributed by atoms with Crippen LogP contribution in [0.3, 0.4) is 0 Å². The quantitative estimate of drug-likeness (QED) is 0.797. The second kappa shape index (κ2) is 6.62. The molecule has 0 saturated carbocycles. The fraction of sp³-hybridized carbons (Fsp3) is 0.118. The lowest BCUT2D eigenvalue weighted by Gasteiger charge is -2.04. The number of hydrogen-bond acceptors (Lipinski definition) is 3. The maximum absolute atomic E-state index is 12.2. The summed E-state index contributed by atoms with van der Waals surface area (Å²) in [5.74, 6) is 0.0350. The Morgan fingerprint density at radius 3 is 2.83 bits per heavy atom. The van der Waals surface area contributed by atoms with Gasteiger partial charge in [0.2, 0.25) is 5.95 Å². The van der Waals surface area contributed by atoms with Crippen molar-refractivity contribution < 1.29 is 4.79 Å². The standard InChI is InChI=1S/C17H15ClN4O/c1-12-5-4-7-13(9-12)16(23)20-17-19-11-22(21-17)10-14-6-2-3-8-15(14)18/h2-9,11H,10H2,1H3,(H,20,21,23). The lowest BCUT2D eigenvalue weighted by molar-refractivity contribution is 0.102. The van der Waals surface area contributed by atoms with Crippen molar-refractivity contribution in [1.82, 2.24) is 14.8 Å². The summed E-state index contributed by atoms with van der Waals surface area (Å²) < 4.78 is 1.63. The Balaban J connectivity index is 1.70. The van der Waals surface area contributed by atoms with Gasteiger partial charge in [-0.15, -0.1) is 5.10 Å². The first-order chi connectivity index (χ1) is 11.1. The maximum atomic E-state index is 12.2. The van der Waals surface area contributed by atoms with E-state index in [9.17, 15) is 4.79 Å². The number of aromatic nitrogens is 3. The topological polar surface area (TPSA) is 59.8 Å². The van der Waals surface area contributed by atoms with Crippen LogP contribution < -0.4 is 5.32 Å². The van der Waals surface area contributed by atoms with Gasteiger partial charge in [-0.05, 0) is 30.7 Å². The van der Waals surface area contributed by atoms with Crippen molar-refractivity contribution in [3.05, 3.63) is 76.6 Å². The Bertz CT molecular complexity index is 844. The van der Waals surface area contributed by atoms with Crippen LogP contribution >= 0.6 is 11.6 Å². The summed E-state index contributed by atoms with van der Waals surface area (Å²) in [5, 5.41) is 7.62. The molecule has 0 aliphatic carbocycles. The number of benzene rings is 2. The lowest BCUT2D eigenvalue weighted by Crippen LogP contribution is -2.13. The first-order valence-electron chi connectivity index (χ1n) is 7.13. The normalized spacial score (nSPS) is 10.5. The van der Waals surface area contributed by atoms with E-state index in [0.29, 0.717) is 17.1 Å². The highest BCUT2D eigenvalue weighted by atomic mass is 35.5. The highest BCUT2D eigenvalue weighted by Gasteiger charge is 2.10. The molecular formula is C17H15ClN4O. The van der Waals surface area contributed by atoms with E-state index < -0.39 is 0 Å². The highest BCUT2D eigenvalue weighted by Crippen LogP contribution is 2.16. The summed E-state index contributed by atoms with van der Waals surface area (Å²) in [6.07, 6.45) is 1.56. The number of carbonyl (C=O) groups is 1. The van der Waals surface area contributed by atoms with Crippen LogP contribution in [0.2, 0.25) is 5.02 Å². The number of hydrogen-bond donors (Lipinski definition) is 1. The summed E-state index contributed by atoms with van der Waals surface area (Å²) in [6, 6.07) is 14.9. The minimum absolute atomic E-state index is 0.232. The third-order valence-electron chi connectivity index (χ3n) is 3.33. The SMILES string of the molecule is Cc1cccc(C(=O)Nc2ncn(Cc3ccccc3Cl)n2)c1. The molecule has 0 unspecified atom stereocenters. The number of rotatable bonds is 4. The van der Waals surface area contributed by atoms with Crippen molar-refractivity contribution in [2.75, 3.05) is 5.32 Å². The van der Waals surface area contributed by atoms with E-state index in [0.717, 1.165) is 11.1 Å². The first kappa shape index (κ1) is 15.2. The van der Waals surface area contributed by atoms with Crippen LogP contribution in [-0.2, 0) is 6.54 Å². The number of nitrogens with zero attached hydrogens (tertiary/aromatic N) is 3. The van der Waals surface area contributed by atoms with Gasteiger partial charge in [-0.2, -0.15) is 0 Å². The van der Waals surface area contributed by atoms with Crippen LogP contribution in [0, 0.1) is 6.92 Å². The van der Waals surface area contributed by atoms with Crippen LogP contribution in [0.15, 0.2) is 54.9 Å². The van der Waals surface area contributed by atoms with E-state index in [1.807, 2.05) is 49.4 Å². The summed E-state index contributed by atoms with van der Waals surface area (Å²) in [4.78, 5) is 16.3. The predicted molar refractivity (Wildman–Crippen MR) is 89.7 cm³/mol. The zero-order valence-corrected chi connectivity index (χ0v) is 13.3. The molecule has 1 heterocycles. The van der Waals surface area contributed by atoms with Gasteiger partial charge in [0, 0.05) is 10.6 Å². The van der Waals surface area contributed by atoms with Crippen LogP contribution in [0.25, 0.3) is 0 Å².